The first-order chi connectivity index (χ1) is 11.2. The van der Waals surface area contributed by atoms with Crippen LogP contribution in [0.1, 0.15) is 13.3 Å². The summed E-state index contributed by atoms with van der Waals surface area (Å²) >= 11 is 0. The van der Waals surface area contributed by atoms with E-state index in [1.54, 1.807) is 11.8 Å². The molecule has 1 amide bonds. The van der Waals surface area contributed by atoms with Crippen LogP contribution >= 0.6 is 0 Å². The van der Waals surface area contributed by atoms with Gasteiger partial charge in [-0.3, -0.25) is 9.59 Å². The molecule has 2 fully saturated rings. The van der Waals surface area contributed by atoms with E-state index in [9.17, 15) is 9.59 Å². The summed E-state index contributed by atoms with van der Waals surface area (Å²) in [7, 11) is 0. The van der Waals surface area contributed by atoms with E-state index in [1.165, 1.54) is 0 Å². The molecule has 0 aliphatic carbocycles. The van der Waals surface area contributed by atoms with Crippen molar-refractivity contribution in [2.75, 3.05) is 49.3 Å². The molecule has 2 aliphatic rings. The highest BCUT2D eigenvalue weighted by Gasteiger charge is 2.36. The van der Waals surface area contributed by atoms with Gasteiger partial charge in [0.1, 0.15) is 0 Å². The highest BCUT2D eigenvalue weighted by atomic mass is 16.5. The SMILES string of the molecule is CCOC(=O)[C@@H]1CC(=O)N(c2ccc(N3CCOCC3)cc2)C1. The van der Waals surface area contributed by atoms with Crippen LogP contribution in [-0.2, 0) is 19.1 Å². The van der Waals surface area contributed by atoms with E-state index in [2.05, 4.69) is 4.90 Å². The second-order valence-corrected chi connectivity index (χ2v) is 5.77. The lowest BCUT2D eigenvalue weighted by Crippen LogP contribution is -2.36. The highest BCUT2D eigenvalue weighted by molar-refractivity contribution is 5.99. The van der Waals surface area contributed by atoms with Crippen molar-refractivity contribution in [1.82, 2.24) is 0 Å². The van der Waals surface area contributed by atoms with Gasteiger partial charge in [-0.05, 0) is 31.2 Å². The van der Waals surface area contributed by atoms with E-state index in [0.717, 1.165) is 37.7 Å². The number of carbonyl (C=O) groups excluding carboxylic acids is 2. The van der Waals surface area contributed by atoms with Crippen LogP contribution in [0.4, 0.5) is 11.4 Å². The predicted molar refractivity (Wildman–Crippen MR) is 86.6 cm³/mol. The molecular formula is C17H22N2O4. The van der Waals surface area contributed by atoms with Crippen molar-refractivity contribution in [2.24, 2.45) is 5.92 Å². The zero-order valence-electron chi connectivity index (χ0n) is 13.4. The summed E-state index contributed by atoms with van der Waals surface area (Å²) in [4.78, 5) is 27.9. The van der Waals surface area contributed by atoms with Crippen LogP contribution in [0.5, 0.6) is 0 Å². The predicted octanol–water partition coefficient (Wildman–Crippen LogP) is 1.44. The number of esters is 1. The van der Waals surface area contributed by atoms with Gasteiger partial charge in [-0.2, -0.15) is 0 Å². The molecule has 2 aliphatic heterocycles. The zero-order chi connectivity index (χ0) is 16.2. The Morgan fingerprint density at radius 1 is 1.22 bits per heavy atom. The Hall–Kier alpha value is -2.08. The molecule has 6 nitrogen and oxygen atoms in total. The minimum absolute atomic E-state index is 0.0258. The smallest absolute Gasteiger partial charge is 0.311 e. The number of anilines is 2. The Labute approximate surface area is 136 Å². The molecule has 3 rings (SSSR count). The second kappa shape index (κ2) is 7.00. The van der Waals surface area contributed by atoms with Crippen LogP contribution < -0.4 is 9.80 Å². The van der Waals surface area contributed by atoms with Gasteiger partial charge in [0.2, 0.25) is 5.91 Å². The maximum atomic E-state index is 12.2. The second-order valence-electron chi connectivity index (χ2n) is 5.77. The number of morpholine rings is 1. The monoisotopic (exact) mass is 318 g/mol. The molecular weight excluding hydrogens is 296 g/mol. The Bertz CT molecular complexity index is 566. The molecule has 1 aromatic carbocycles. The molecule has 23 heavy (non-hydrogen) atoms. The normalized spacial score (nSPS) is 21.6. The van der Waals surface area contributed by atoms with Crippen molar-refractivity contribution in [1.29, 1.82) is 0 Å². The molecule has 0 N–H and O–H groups in total. The van der Waals surface area contributed by atoms with E-state index < -0.39 is 0 Å². The van der Waals surface area contributed by atoms with E-state index in [4.69, 9.17) is 9.47 Å². The summed E-state index contributed by atoms with van der Waals surface area (Å²) in [6, 6.07) is 7.92. The van der Waals surface area contributed by atoms with Crippen molar-refractivity contribution in [3.8, 4) is 0 Å². The molecule has 124 valence electrons. The van der Waals surface area contributed by atoms with Crippen molar-refractivity contribution in [3.63, 3.8) is 0 Å². The number of hydrogen-bond acceptors (Lipinski definition) is 5. The summed E-state index contributed by atoms with van der Waals surface area (Å²) in [5.41, 5.74) is 1.96. The molecule has 0 radical (unpaired) electrons. The molecule has 0 bridgehead atoms. The first-order valence-corrected chi connectivity index (χ1v) is 8.09. The average molecular weight is 318 g/mol. The lowest BCUT2D eigenvalue weighted by molar-refractivity contribution is -0.147. The maximum absolute atomic E-state index is 12.2. The third kappa shape index (κ3) is 3.47. The largest absolute Gasteiger partial charge is 0.466 e. The number of carbonyl (C=O) groups is 2. The molecule has 1 aromatic rings. The maximum Gasteiger partial charge on any atom is 0.311 e. The molecule has 0 saturated carbocycles. The summed E-state index contributed by atoms with van der Waals surface area (Å²) in [6.07, 6.45) is 0.226. The average Bonchev–Trinajstić information content (AvgIpc) is 2.98. The van der Waals surface area contributed by atoms with Crippen LogP contribution in [-0.4, -0.2) is 51.3 Å². The van der Waals surface area contributed by atoms with Crippen molar-refractivity contribution >= 4 is 23.3 Å². The third-order valence-electron chi connectivity index (χ3n) is 4.28. The number of amides is 1. The topological polar surface area (TPSA) is 59.1 Å². The van der Waals surface area contributed by atoms with Gasteiger partial charge in [0.15, 0.2) is 0 Å². The lowest BCUT2D eigenvalue weighted by atomic mass is 10.1. The standard InChI is InChI=1S/C17H22N2O4/c1-2-23-17(21)13-11-16(20)19(12-13)15-5-3-14(4-6-15)18-7-9-22-10-8-18/h3-6,13H,2,7-12H2,1H3/t13-/m1/s1. The van der Waals surface area contributed by atoms with Gasteiger partial charge in [0.25, 0.3) is 0 Å². The fourth-order valence-corrected chi connectivity index (χ4v) is 3.04. The quantitative estimate of drug-likeness (QED) is 0.786. The number of ether oxygens (including phenoxy) is 2. The molecule has 0 unspecified atom stereocenters. The van der Waals surface area contributed by atoms with Crippen LogP contribution in [0.2, 0.25) is 0 Å². The first kappa shape index (κ1) is 15.8. The van der Waals surface area contributed by atoms with Gasteiger partial charge in [-0.25, -0.2) is 0 Å². The Kier molecular flexibility index (Phi) is 4.81. The summed E-state index contributed by atoms with van der Waals surface area (Å²) in [5, 5.41) is 0. The van der Waals surface area contributed by atoms with E-state index in [0.29, 0.717) is 13.2 Å². The molecule has 0 aromatic heterocycles. The summed E-state index contributed by atoms with van der Waals surface area (Å²) < 4.78 is 10.4. The fraction of sp³-hybridized carbons (Fsp3) is 0.529. The van der Waals surface area contributed by atoms with Gasteiger partial charge in [0, 0.05) is 37.4 Å². The molecule has 0 spiro atoms. The van der Waals surface area contributed by atoms with E-state index in [1.807, 2.05) is 24.3 Å². The number of nitrogens with zero attached hydrogens (tertiary/aromatic N) is 2. The number of benzene rings is 1. The van der Waals surface area contributed by atoms with Crippen molar-refractivity contribution in [3.05, 3.63) is 24.3 Å². The lowest BCUT2D eigenvalue weighted by Gasteiger charge is -2.29. The van der Waals surface area contributed by atoms with Gasteiger partial charge >= 0.3 is 5.97 Å². The minimum Gasteiger partial charge on any atom is -0.466 e. The van der Waals surface area contributed by atoms with E-state index in [-0.39, 0.29) is 24.2 Å². The Balaban J connectivity index is 1.67. The Morgan fingerprint density at radius 3 is 2.52 bits per heavy atom. The molecule has 6 heteroatoms. The van der Waals surface area contributed by atoms with Crippen LogP contribution in [0.25, 0.3) is 0 Å². The third-order valence-corrected chi connectivity index (χ3v) is 4.28. The highest BCUT2D eigenvalue weighted by Crippen LogP contribution is 2.28. The Morgan fingerprint density at radius 2 is 1.87 bits per heavy atom. The van der Waals surface area contributed by atoms with E-state index >= 15 is 0 Å². The van der Waals surface area contributed by atoms with Gasteiger partial charge in [0.05, 0.1) is 25.7 Å². The number of hydrogen-bond donors (Lipinski definition) is 0. The minimum atomic E-state index is -0.360. The molecule has 2 heterocycles. The van der Waals surface area contributed by atoms with Gasteiger partial charge in [-0.1, -0.05) is 0 Å². The summed E-state index contributed by atoms with van der Waals surface area (Å²) in [6.45, 7) is 5.77. The zero-order valence-corrected chi connectivity index (χ0v) is 13.4. The number of rotatable bonds is 4. The van der Waals surface area contributed by atoms with Crippen LogP contribution in [0, 0.1) is 5.92 Å². The van der Waals surface area contributed by atoms with Crippen LogP contribution in [0.15, 0.2) is 24.3 Å². The first-order valence-electron chi connectivity index (χ1n) is 8.09. The van der Waals surface area contributed by atoms with Crippen molar-refractivity contribution in [2.45, 2.75) is 13.3 Å². The molecule has 1 atom stereocenters. The van der Waals surface area contributed by atoms with Gasteiger partial charge < -0.3 is 19.3 Å². The summed E-state index contributed by atoms with van der Waals surface area (Å²) in [5.74, 6) is -0.670. The molecule has 2 saturated heterocycles. The van der Waals surface area contributed by atoms with Crippen molar-refractivity contribution < 1.29 is 19.1 Å². The van der Waals surface area contributed by atoms with Gasteiger partial charge in [-0.15, -0.1) is 0 Å². The van der Waals surface area contributed by atoms with Crippen LogP contribution in [0.3, 0.4) is 0 Å². The fourth-order valence-electron chi connectivity index (χ4n) is 3.04.